The molecule has 102 valence electrons. The summed E-state index contributed by atoms with van der Waals surface area (Å²) in [5.41, 5.74) is 1.47. The third kappa shape index (κ3) is 6.55. The van der Waals surface area contributed by atoms with Gasteiger partial charge in [-0.05, 0) is 24.1 Å². The van der Waals surface area contributed by atoms with E-state index in [0.29, 0.717) is 31.7 Å². The van der Waals surface area contributed by atoms with Crippen LogP contribution in [0.15, 0.2) is 24.3 Å². The third-order valence-corrected chi connectivity index (χ3v) is 2.47. The summed E-state index contributed by atoms with van der Waals surface area (Å²) in [5.74, 6) is -0.0492. The summed E-state index contributed by atoms with van der Waals surface area (Å²) in [6.07, 6.45) is 1.03. The lowest BCUT2D eigenvalue weighted by Gasteiger charge is -2.06. The number of carbonyl (C=O) groups excluding carboxylic acids is 1. The van der Waals surface area contributed by atoms with Crippen molar-refractivity contribution in [3.05, 3.63) is 35.4 Å². The minimum Gasteiger partial charge on any atom is -0.394 e. The van der Waals surface area contributed by atoms with Crippen LogP contribution in [-0.2, 0) is 16.0 Å². The molecule has 0 fully saturated rings. The van der Waals surface area contributed by atoms with Crippen molar-refractivity contribution < 1.29 is 14.6 Å². The maximum atomic E-state index is 11.6. The van der Waals surface area contributed by atoms with Crippen LogP contribution in [0.3, 0.4) is 0 Å². The summed E-state index contributed by atoms with van der Waals surface area (Å²) in [4.78, 5) is 11.6. The lowest BCUT2D eigenvalue weighted by molar-refractivity contribution is -0.120. The molecule has 19 heavy (non-hydrogen) atoms. The lowest BCUT2D eigenvalue weighted by Crippen LogP contribution is -2.26. The second kappa shape index (κ2) is 9.09. The highest BCUT2D eigenvalue weighted by atomic mass is 16.5. The van der Waals surface area contributed by atoms with Crippen molar-refractivity contribution in [1.29, 1.82) is 5.26 Å². The molecule has 0 aliphatic carbocycles. The van der Waals surface area contributed by atoms with Gasteiger partial charge in [0.05, 0.1) is 31.3 Å². The van der Waals surface area contributed by atoms with Crippen molar-refractivity contribution in [2.75, 3.05) is 26.4 Å². The number of benzene rings is 1. The van der Waals surface area contributed by atoms with E-state index >= 15 is 0 Å². The fraction of sp³-hybridized carbons (Fsp3) is 0.429. The van der Waals surface area contributed by atoms with Crippen molar-refractivity contribution in [2.24, 2.45) is 0 Å². The molecule has 0 aromatic heterocycles. The number of nitrogens with zero attached hydrogens (tertiary/aromatic N) is 1. The maximum absolute atomic E-state index is 11.6. The highest BCUT2D eigenvalue weighted by molar-refractivity contribution is 5.78. The van der Waals surface area contributed by atoms with E-state index in [2.05, 4.69) is 5.32 Å². The molecule has 0 heterocycles. The van der Waals surface area contributed by atoms with Gasteiger partial charge in [-0.15, -0.1) is 0 Å². The fourth-order valence-corrected chi connectivity index (χ4v) is 1.51. The van der Waals surface area contributed by atoms with Gasteiger partial charge in [-0.3, -0.25) is 4.79 Å². The Labute approximate surface area is 112 Å². The van der Waals surface area contributed by atoms with Crippen LogP contribution in [0.2, 0.25) is 0 Å². The van der Waals surface area contributed by atoms with Gasteiger partial charge in [0.2, 0.25) is 5.91 Å². The van der Waals surface area contributed by atoms with Crippen LogP contribution in [-0.4, -0.2) is 37.4 Å². The molecule has 1 aromatic carbocycles. The van der Waals surface area contributed by atoms with Gasteiger partial charge in [-0.1, -0.05) is 12.1 Å². The Bertz CT molecular complexity index is 423. The van der Waals surface area contributed by atoms with Crippen molar-refractivity contribution in [3.8, 4) is 6.07 Å². The Morgan fingerprint density at radius 3 is 2.68 bits per heavy atom. The van der Waals surface area contributed by atoms with Crippen LogP contribution < -0.4 is 5.32 Å². The van der Waals surface area contributed by atoms with Crippen molar-refractivity contribution >= 4 is 5.91 Å². The Kier molecular flexibility index (Phi) is 7.25. The van der Waals surface area contributed by atoms with Crippen LogP contribution >= 0.6 is 0 Å². The van der Waals surface area contributed by atoms with Crippen molar-refractivity contribution in [3.63, 3.8) is 0 Å². The minimum absolute atomic E-state index is 0.0189. The van der Waals surface area contributed by atoms with Crippen LogP contribution in [0.1, 0.15) is 17.5 Å². The van der Waals surface area contributed by atoms with E-state index in [4.69, 9.17) is 15.1 Å². The molecule has 0 unspecified atom stereocenters. The molecule has 0 aliphatic rings. The van der Waals surface area contributed by atoms with Gasteiger partial charge >= 0.3 is 0 Å². The smallest absolute Gasteiger partial charge is 0.224 e. The van der Waals surface area contributed by atoms with Gasteiger partial charge in [0.15, 0.2) is 0 Å². The number of carbonyl (C=O) groups is 1. The van der Waals surface area contributed by atoms with Gasteiger partial charge < -0.3 is 15.2 Å². The van der Waals surface area contributed by atoms with Crippen LogP contribution in [0.25, 0.3) is 0 Å². The average molecular weight is 262 g/mol. The summed E-state index contributed by atoms with van der Waals surface area (Å²) in [6.45, 7) is 1.43. The number of nitrogens with one attached hydrogen (secondary N) is 1. The first-order valence-corrected chi connectivity index (χ1v) is 6.20. The molecule has 1 aromatic rings. The van der Waals surface area contributed by atoms with Gasteiger partial charge in [0.1, 0.15) is 0 Å². The summed E-state index contributed by atoms with van der Waals surface area (Å²) in [5, 5.41) is 19.9. The first kappa shape index (κ1) is 15.2. The first-order chi connectivity index (χ1) is 9.26. The number of nitriles is 1. The Morgan fingerprint density at radius 2 is 2.05 bits per heavy atom. The van der Waals surface area contributed by atoms with E-state index in [9.17, 15) is 4.79 Å². The Morgan fingerprint density at radius 1 is 1.32 bits per heavy atom. The molecular formula is C14H18N2O3. The summed E-state index contributed by atoms with van der Waals surface area (Å²) < 4.78 is 5.08. The van der Waals surface area contributed by atoms with Gasteiger partial charge in [-0.25, -0.2) is 0 Å². The first-order valence-electron chi connectivity index (χ1n) is 6.20. The summed E-state index contributed by atoms with van der Waals surface area (Å²) >= 11 is 0. The molecule has 0 radical (unpaired) electrons. The second-order valence-corrected chi connectivity index (χ2v) is 4.02. The van der Waals surface area contributed by atoms with Crippen LogP contribution in [0.4, 0.5) is 0 Å². The average Bonchev–Trinajstić information content (AvgIpc) is 2.43. The summed E-state index contributed by atoms with van der Waals surface area (Å²) in [6, 6.07) is 8.99. The van der Waals surface area contributed by atoms with E-state index < -0.39 is 0 Å². The SMILES string of the molecule is N#Cc1ccc(CC(=O)NCCCOCCO)cc1. The number of aliphatic hydroxyl groups is 1. The highest BCUT2D eigenvalue weighted by Gasteiger charge is 2.02. The van der Waals surface area contributed by atoms with Gasteiger partial charge in [0.25, 0.3) is 0 Å². The standard InChI is InChI=1S/C14H18N2O3/c15-11-13-4-2-12(3-5-13)10-14(18)16-6-1-8-19-9-7-17/h2-5,17H,1,6-10H2,(H,16,18). The van der Waals surface area contributed by atoms with Gasteiger partial charge in [-0.2, -0.15) is 5.26 Å². The summed E-state index contributed by atoms with van der Waals surface area (Å²) in [7, 11) is 0. The molecule has 5 heteroatoms. The van der Waals surface area contributed by atoms with E-state index in [1.807, 2.05) is 6.07 Å². The molecule has 1 rings (SSSR count). The molecule has 0 atom stereocenters. The molecule has 0 saturated heterocycles. The Balaban J connectivity index is 2.18. The van der Waals surface area contributed by atoms with E-state index in [-0.39, 0.29) is 12.5 Å². The second-order valence-electron chi connectivity index (χ2n) is 4.02. The molecule has 0 spiro atoms. The fourth-order valence-electron chi connectivity index (χ4n) is 1.51. The van der Waals surface area contributed by atoms with Crippen LogP contribution in [0.5, 0.6) is 0 Å². The molecule has 0 bridgehead atoms. The monoisotopic (exact) mass is 262 g/mol. The number of ether oxygens (including phenoxy) is 1. The lowest BCUT2D eigenvalue weighted by atomic mass is 10.1. The van der Waals surface area contributed by atoms with Crippen molar-refractivity contribution in [2.45, 2.75) is 12.8 Å². The number of aliphatic hydroxyl groups excluding tert-OH is 1. The number of amides is 1. The maximum Gasteiger partial charge on any atom is 0.224 e. The van der Waals surface area contributed by atoms with Crippen LogP contribution in [0, 0.1) is 11.3 Å². The normalized spacial score (nSPS) is 9.89. The molecule has 2 N–H and O–H groups in total. The van der Waals surface area contributed by atoms with E-state index in [1.54, 1.807) is 24.3 Å². The van der Waals surface area contributed by atoms with E-state index in [1.165, 1.54) is 0 Å². The van der Waals surface area contributed by atoms with Crippen molar-refractivity contribution in [1.82, 2.24) is 5.32 Å². The number of hydrogen-bond donors (Lipinski definition) is 2. The predicted molar refractivity (Wildman–Crippen MR) is 70.4 cm³/mol. The third-order valence-electron chi connectivity index (χ3n) is 2.47. The van der Waals surface area contributed by atoms with E-state index in [0.717, 1.165) is 12.0 Å². The topological polar surface area (TPSA) is 82.4 Å². The molecule has 5 nitrogen and oxygen atoms in total. The van der Waals surface area contributed by atoms with Gasteiger partial charge in [0, 0.05) is 13.2 Å². The quantitative estimate of drug-likeness (QED) is 0.673. The molecular weight excluding hydrogens is 244 g/mol. The Hall–Kier alpha value is -1.90. The molecule has 0 aliphatic heterocycles. The highest BCUT2D eigenvalue weighted by Crippen LogP contribution is 2.03. The molecule has 0 saturated carbocycles. The zero-order valence-electron chi connectivity index (χ0n) is 10.8. The zero-order valence-corrected chi connectivity index (χ0v) is 10.8. The largest absolute Gasteiger partial charge is 0.394 e. The molecule has 1 amide bonds. The predicted octanol–water partition coefficient (Wildman–Crippen LogP) is 0.616. The number of hydrogen-bond acceptors (Lipinski definition) is 4. The number of rotatable bonds is 8. The minimum atomic E-state index is -0.0492. The zero-order chi connectivity index (χ0) is 13.9.